The van der Waals surface area contributed by atoms with Gasteiger partial charge in [-0.3, -0.25) is 5.84 Å². The zero-order chi connectivity index (χ0) is 13.6. The van der Waals surface area contributed by atoms with Gasteiger partial charge in [0, 0.05) is 6.54 Å². The molecule has 0 atom stereocenters. The number of rotatable bonds is 7. The van der Waals surface area contributed by atoms with Gasteiger partial charge in [-0.05, 0) is 39.2 Å². The van der Waals surface area contributed by atoms with Gasteiger partial charge in [0.05, 0.1) is 5.69 Å². The average molecular weight is 272 g/mol. The molecule has 0 aliphatic rings. The van der Waals surface area contributed by atoms with Crippen LogP contribution in [0.1, 0.15) is 6.42 Å². The highest BCUT2D eigenvalue weighted by Crippen LogP contribution is 2.19. The van der Waals surface area contributed by atoms with Crippen LogP contribution in [0.15, 0.2) is 29.2 Å². The van der Waals surface area contributed by atoms with E-state index in [1.54, 1.807) is 18.2 Å². The van der Waals surface area contributed by atoms with Crippen molar-refractivity contribution in [2.24, 2.45) is 5.84 Å². The van der Waals surface area contributed by atoms with Crippen molar-refractivity contribution >= 4 is 15.7 Å². The van der Waals surface area contributed by atoms with Gasteiger partial charge in [-0.25, -0.2) is 13.1 Å². The fraction of sp³-hybridized carbons (Fsp3) is 0.455. The number of nitrogen functional groups attached to an aromatic ring is 1. The summed E-state index contributed by atoms with van der Waals surface area (Å²) in [6, 6.07) is 6.52. The maximum Gasteiger partial charge on any atom is 0.242 e. The van der Waals surface area contributed by atoms with E-state index < -0.39 is 10.0 Å². The van der Waals surface area contributed by atoms with Crippen LogP contribution in [0.4, 0.5) is 5.69 Å². The molecule has 7 heteroatoms. The number of sulfonamides is 1. The van der Waals surface area contributed by atoms with Crippen LogP contribution in [0.5, 0.6) is 0 Å². The molecule has 1 rings (SSSR count). The van der Waals surface area contributed by atoms with Crippen LogP contribution < -0.4 is 16.0 Å². The first-order valence-electron chi connectivity index (χ1n) is 5.67. The Hall–Kier alpha value is -1.15. The second kappa shape index (κ2) is 6.69. The second-order valence-electron chi connectivity index (χ2n) is 4.20. The van der Waals surface area contributed by atoms with Gasteiger partial charge in [0.15, 0.2) is 0 Å². The molecule has 0 aliphatic carbocycles. The minimum absolute atomic E-state index is 0.164. The molecule has 0 aliphatic heterocycles. The second-order valence-corrected chi connectivity index (χ2v) is 5.93. The summed E-state index contributed by atoms with van der Waals surface area (Å²) in [4.78, 5) is 2.17. The fourth-order valence-corrected chi connectivity index (χ4v) is 2.74. The molecule has 6 nitrogen and oxygen atoms in total. The van der Waals surface area contributed by atoms with Gasteiger partial charge in [0.1, 0.15) is 4.90 Å². The topological polar surface area (TPSA) is 87.5 Å². The predicted molar refractivity (Wildman–Crippen MR) is 72.6 cm³/mol. The maximum absolute atomic E-state index is 12.0. The molecule has 0 aromatic heterocycles. The standard InChI is InChI=1S/C11H20N4O2S/c1-15(2)9-5-8-13-18(16,17)11-7-4-3-6-10(11)14-12/h3-4,6-7,13-14H,5,8-9,12H2,1-2H3. The molecule has 0 saturated heterocycles. The van der Waals surface area contributed by atoms with Crippen LogP contribution in [0.25, 0.3) is 0 Å². The SMILES string of the molecule is CN(C)CCCNS(=O)(=O)c1ccccc1NN. The number of hydrogen-bond acceptors (Lipinski definition) is 5. The van der Waals surface area contributed by atoms with Crippen LogP contribution >= 0.6 is 0 Å². The first-order valence-corrected chi connectivity index (χ1v) is 7.15. The number of nitrogens with zero attached hydrogens (tertiary/aromatic N) is 1. The molecule has 18 heavy (non-hydrogen) atoms. The van der Waals surface area contributed by atoms with Crippen molar-refractivity contribution in [1.82, 2.24) is 9.62 Å². The highest BCUT2D eigenvalue weighted by atomic mass is 32.2. The minimum Gasteiger partial charge on any atom is -0.323 e. The normalized spacial score (nSPS) is 11.8. The lowest BCUT2D eigenvalue weighted by molar-refractivity contribution is 0.400. The summed E-state index contributed by atoms with van der Waals surface area (Å²) in [6.45, 7) is 1.23. The Morgan fingerprint density at radius 1 is 1.28 bits per heavy atom. The van der Waals surface area contributed by atoms with Gasteiger partial charge in [0.25, 0.3) is 0 Å². The van der Waals surface area contributed by atoms with Crippen molar-refractivity contribution in [1.29, 1.82) is 0 Å². The quantitative estimate of drug-likeness (QED) is 0.375. The number of hydrogen-bond donors (Lipinski definition) is 3. The van der Waals surface area contributed by atoms with E-state index in [-0.39, 0.29) is 4.90 Å². The van der Waals surface area contributed by atoms with E-state index in [4.69, 9.17) is 5.84 Å². The zero-order valence-corrected chi connectivity index (χ0v) is 11.5. The molecule has 0 amide bonds. The predicted octanol–water partition coefficient (Wildman–Crippen LogP) is 0.202. The molecular formula is C11H20N4O2S. The van der Waals surface area contributed by atoms with Crippen LogP contribution in [0.3, 0.4) is 0 Å². The molecule has 1 aromatic carbocycles. The number of benzene rings is 1. The van der Waals surface area contributed by atoms with Crippen molar-refractivity contribution in [3.05, 3.63) is 24.3 Å². The van der Waals surface area contributed by atoms with Gasteiger partial charge >= 0.3 is 0 Å². The number of anilines is 1. The van der Waals surface area contributed by atoms with Crippen molar-refractivity contribution in [2.45, 2.75) is 11.3 Å². The molecule has 0 fully saturated rings. The smallest absolute Gasteiger partial charge is 0.242 e. The van der Waals surface area contributed by atoms with Crippen LogP contribution in [0, 0.1) is 0 Å². The van der Waals surface area contributed by atoms with Crippen LogP contribution in [0.2, 0.25) is 0 Å². The Kier molecular flexibility index (Phi) is 5.54. The summed E-state index contributed by atoms with van der Waals surface area (Å²) in [5.41, 5.74) is 2.77. The molecule has 0 bridgehead atoms. The Labute approximate surface area is 108 Å². The summed E-state index contributed by atoms with van der Waals surface area (Å²) < 4.78 is 26.6. The summed E-state index contributed by atoms with van der Waals surface area (Å²) >= 11 is 0. The molecule has 0 spiro atoms. The Morgan fingerprint density at radius 3 is 2.56 bits per heavy atom. The molecule has 0 unspecified atom stereocenters. The lowest BCUT2D eigenvalue weighted by Crippen LogP contribution is -2.28. The Bertz CT molecular complexity index is 474. The fourth-order valence-electron chi connectivity index (χ4n) is 1.50. The third-order valence-corrected chi connectivity index (χ3v) is 3.93. The van der Waals surface area contributed by atoms with E-state index in [2.05, 4.69) is 10.1 Å². The largest absolute Gasteiger partial charge is 0.323 e. The van der Waals surface area contributed by atoms with Crippen molar-refractivity contribution in [3.8, 4) is 0 Å². The third-order valence-electron chi connectivity index (χ3n) is 2.41. The molecule has 1 aromatic rings. The third kappa shape index (κ3) is 4.26. The lowest BCUT2D eigenvalue weighted by Gasteiger charge is -2.12. The zero-order valence-electron chi connectivity index (χ0n) is 10.7. The van der Waals surface area contributed by atoms with Crippen molar-refractivity contribution in [3.63, 3.8) is 0 Å². The number of nitrogens with two attached hydrogens (primary N) is 1. The Morgan fingerprint density at radius 2 is 1.94 bits per heavy atom. The van der Waals surface area contributed by atoms with E-state index in [0.717, 1.165) is 13.0 Å². The van der Waals surface area contributed by atoms with Gasteiger partial charge in [-0.2, -0.15) is 0 Å². The summed E-state index contributed by atoms with van der Waals surface area (Å²) in [5, 5.41) is 0. The number of nitrogens with one attached hydrogen (secondary N) is 2. The monoisotopic (exact) mass is 272 g/mol. The minimum atomic E-state index is -3.51. The molecule has 4 N–H and O–H groups in total. The maximum atomic E-state index is 12.0. The van der Waals surface area contributed by atoms with Crippen molar-refractivity contribution in [2.75, 3.05) is 32.6 Å². The van der Waals surface area contributed by atoms with E-state index in [1.807, 2.05) is 19.0 Å². The first-order chi connectivity index (χ1) is 8.47. The van der Waals surface area contributed by atoms with Gasteiger partial charge in [0.2, 0.25) is 10.0 Å². The van der Waals surface area contributed by atoms with Gasteiger partial charge in [-0.15, -0.1) is 0 Å². The van der Waals surface area contributed by atoms with Crippen LogP contribution in [-0.4, -0.2) is 40.5 Å². The molecular weight excluding hydrogens is 252 g/mol. The van der Waals surface area contributed by atoms with Crippen molar-refractivity contribution < 1.29 is 8.42 Å². The average Bonchev–Trinajstić information content (AvgIpc) is 2.34. The first kappa shape index (κ1) is 14.9. The van der Waals surface area contributed by atoms with Crippen LogP contribution in [-0.2, 0) is 10.0 Å². The summed E-state index contributed by atoms with van der Waals surface area (Å²) in [5.74, 6) is 5.29. The number of hydrazine groups is 1. The van der Waals surface area contributed by atoms with E-state index in [9.17, 15) is 8.42 Å². The molecule has 0 radical (unpaired) electrons. The molecule has 0 saturated carbocycles. The van der Waals surface area contributed by atoms with E-state index in [1.165, 1.54) is 6.07 Å². The van der Waals surface area contributed by atoms with Gasteiger partial charge < -0.3 is 10.3 Å². The van der Waals surface area contributed by atoms with E-state index >= 15 is 0 Å². The molecule has 102 valence electrons. The highest BCUT2D eigenvalue weighted by Gasteiger charge is 2.16. The lowest BCUT2D eigenvalue weighted by atomic mass is 10.3. The summed E-state index contributed by atoms with van der Waals surface area (Å²) in [7, 11) is 0.381. The van der Waals surface area contributed by atoms with Gasteiger partial charge in [-0.1, -0.05) is 12.1 Å². The van der Waals surface area contributed by atoms with E-state index in [0.29, 0.717) is 12.2 Å². The summed E-state index contributed by atoms with van der Waals surface area (Å²) in [6.07, 6.45) is 0.754. The number of para-hydroxylation sites is 1. The highest BCUT2D eigenvalue weighted by molar-refractivity contribution is 7.89. The molecule has 0 heterocycles. The Balaban J connectivity index is 2.68.